The molecule has 0 saturated carbocycles. The lowest BCUT2D eigenvalue weighted by Gasteiger charge is -2.08. The molecule has 0 bridgehead atoms. The van der Waals surface area contributed by atoms with Gasteiger partial charge in [0.15, 0.2) is 0 Å². The summed E-state index contributed by atoms with van der Waals surface area (Å²) in [6, 6.07) is 0. The highest BCUT2D eigenvalue weighted by molar-refractivity contribution is 4.93. The number of nitrogens with two attached hydrogens (primary N) is 1. The van der Waals surface area contributed by atoms with Crippen molar-refractivity contribution in [3.8, 4) is 0 Å². The van der Waals surface area contributed by atoms with Crippen molar-refractivity contribution in [3.63, 3.8) is 0 Å². The van der Waals surface area contributed by atoms with Crippen LogP contribution in [0.5, 0.6) is 0 Å². The molecule has 0 aliphatic carbocycles. The van der Waals surface area contributed by atoms with E-state index in [-0.39, 0.29) is 0 Å². The number of hydrogen-bond donors (Lipinski definition) is 1. The van der Waals surface area contributed by atoms with E-state index >= 15 is 0 Å². The van der Waals surface area contributed by atoms with Crippen LogP contribution < -0.4 is 5.73 Å². The summed E-state index contributed by atoms with van der Waals surface area (Å²) < 4.78 is 0. The summed E-state index contributed by atoms with van der Waals surface area (Å²) in [4.78, 5) is 0. The van der Waals surface area contributed by atoms with Gasteiger partial charge in [0, 0.05) is 0 Å². The second-order valence-corrected chi connectivity index (χ2v) is 2.68. The van der Waals surface area contributed by atoms with Gasteiger partial charge in [0.05, 0.1) is 0 Å². The summed E-state index contributed by atoms with van der Waals surface area (Å²) in [6.07, 6.45) is 2.31. The van der Waals surface area contributed by atoms with Gasteiger partial charge in [-0.15, -0.1) is 0 Å². The van der Waals surface area contributed by atoms with Crippen molar-refractivity contribution in [3.05, 3.63) is 12.2 Å². The zero-order chi connectivity index (χ0) is 7.28. The smallest absolute Gasteiger partial charge is 0.00771 e. The van der Waals surface area contributed by atoms with Crippen LogP contribution in [0, 0.1) is 5.92 Å². The third-order valence-electron chi connectivity index (χ3n) is 1.68. The van der Waals surface area contributed by atoms with Gasteiger partial charge in [0.25, 0.3) is 0 Å². The van der Waals surface area contributed by atoms with E-state index in [1.165, 1.54) is 12.0 Å². The molecule has 0 amide bonds. The van der Waals surface area contributed by atoms with Gasteiger partial charge < -0.3 is 5.73 Å². The summed E-state index contributed by atoms with van der Waals surface area (Å²) in [6.45, 7) is 8.93. The largest absolute Gasteiger partial charge is 0.330 e. The van der Waals surface area contributed by atoms with Gasteiger partial charge in [-0.2, -0.15) is 0 Å². The molecular formula is C8H17N. The summed E-state index contributed by atoms with van der Waals surface area (Å²) in [7, 11) is 0. The fourth-order valence-electron chi connectivity index (χ4n) is 0.670. The van der Waals surface area contributed by atoms with Gasteiger partial charge >= 0.3 is 0 Å². The topological polar surface area (TPSA) is 26.0 Å². The molecule has 0 aromatic heterocycles. The van der Waals surface area contributed by atoms with Crippen molar-refractivity contribution in [2.24, 2.45) is 11.7 Å². The maximum atomic E-state index is 5.35. The molecule has 0 fully saturated rings. The SMILES string of the molecule is C=C(C)C(C)CCCN. The summed E-state index contributed by atoms with van der Waals surface area (Å²) in [5, 5.41) is 0. The van der Waals surface area contributed by atoms with Crippen LogP contribution in [0.1, 0.15) is 26.7 Å². The molecular weight excluding hydrogens is 110 g/mol. The van der Waals surface area contributed by atoms with Crippen molar-refractivity contribution in [2.45, 2.75) is 26.7 Å². The van der Waals surface area contributed by atoms with E-state index in [1.807, 2.05) is 0 Å². The monoisotopic (exact) mass is 127 g/mol. The van der Waals surface area contributed by atoms with Gasteiger partial charge in [0.2, 0.25) is 0 Å². The van der Waals surface area contributed by atoms with Gasteiger partial charge in [0.1, 0.15) is 0 Å². The molecule has 1 heteroatoms. The molecule has 0 radical (unpaired) electrons. The van der Waals surface area contributed by atoms with Gasteiger partial charge in [-0.3, -0.25) is 0 Å². The second kappa shape index (κ2) is 4.57. The maximum absolute atomic E-state index is 5.35. The highest BCUT2D eigenvalue weighted by Gasteiger charge is 1.99. The fourth-order valence-corrected chi connectivity index (χ4v) is 0.670. The molecule has 1 nitrogen and oxygen atoms in total. The first-order valence-electron chi connectivity index (χ1n) is 3.54. The van der Waals surface area contributed by atoms with Crippen LogP contribution in [0.3, 0.4) is 0 Å². The van der Waals surface area contributed by atoms with Crippen molar-refractivity contribution in [1.29, 1.82) is 0 Å². The van der Waals surface area contributed by atoms with Crippen molar-refractivity contribution in [2.75, 3.05) is 6.54 Å². The van der Waals surface area contributed by atoms with Crippen molar-refractivity contribution in [1.82, 2.24) is 0 Å². The molecule has 0 aliphatic heterocycles. The first-order chi connectivity index (χ1) is 4.18. The third kappa shape index (κ3) is 4.22. The first-order valence-corrected chi connectivity index (χ1v) is 3.54. The first kappa shape index (κ1) is 8.70. The van der Waals surface area contributed by atoms with Crippen LogP contribution in [-0.2, 0) is 0 Å². The Labute approximate surface area is 57.9 Å². The molecule has 0 heterocycles. The number of rotatable bonds is 4. The third-order valence-corrected chi connectivity index (χ3v) is 1.68. The minimum Gasteiger partial charge on any atom is -0.330 e. The lowest BCUT2D eigenvalue weighted by atomic mass is 9.99. The molecule has 0 rings (SSSR count). The summed E-state index contributed by atoms with van der Waals surface area (Å²) in [5.74, 6) is 0.647. The molecule has 0 saturated heterocycles. The molecule has 0 aromatic carbocycles. The normalized spacial score (nSPS) is 13.2. The maximum Gasteiger partial charge on any atom is -0.00771 e. The average molecular weight is 127 g/mol. The van der Waals surface area contributed by atoms with E-state index in [0.29, 0.717) is 5.92 Å². The number of hydrogen-bond acceptors (Lipinski definition) is 1. The highest BCUT2D eigenvalue weighted by atomic mass is 14.5. The van der Waals surface area contributed by atoms with Crippen LogP contribution in [0.4, 0.5) is 0 Å². The van der Waals surface area contributed by atoms with E-state index in [4.69, 9.17) is 5.73 Å². The highest BCUT2D eigenvalue weighted by Crippen LogP contribution is 2.12. The van der Waals surface area contributed by atoms with E-state index in [0.717, 1.165) is 13.0 Å². The zero-order valence-corrected chi connectivity index (χ0v) is 6.48. The number of allylic oxidation sites excluding steroid dienone is 1. The Morgan fingerprint density at radius 2 is 2.22 bits per heavy atom. The van der Waals surface area contributed by atoms with Crippen molar-refractivity contribution < 1.29 is 0 Å². The zero-order valence-electron chi connectivity index (χ0n) is 6.48. The Balaban J connectivity index is 3.27. The molecule has 0 aromatic rings. The molecule has 0 spiro atoms. The van der Waals surface area contributed by atoms with Crippen LogP contribution in [-0.4, -0.2) is 6.54 Å². The Kier molecular flexibility index (Phi) is 4.41. The molecule has 9 heavy (non-hydrogen) atoms. The van der Waals surface area contributed by atoms with Crippen LogP contribution in [0.2, 0.25) is 0 Å². The lowest BCUT2D eigenvalue weighted by molar-refractivity contribution is 0.586. The van der Waals surface area contributed by atoms with Gasteiger partial charge in [-0.1, -0.05) is 19.1 Å². The quantitative estimate of drug-likeness (QED) is 0.574. The lowest BCUT2D eigenvalue weighted by Crippen LogP contribution is -2.02. The Hall–Kier alpha value is -0.300. The fraction of sp³-hybridized carbons (Fsp3) is 0.750. The predicted molar refractivity (Wildman–Crippen MR) is 42.3 cm³/mol. The summed E-state index contributed by atoms with van der Waals surface area (Å²) in [5.41, 5.74) is 6.61. The molecule has 2 N–H and O–H groups in total. The molecule has 1 atom stereocenters. The van der Waals surface area contributed by atoms with E-state index < -0.39 is 0 Å². The van der Waals surface area contributed by atoms with Crippen molar-refractivity contribution >= 4 is 0 Å². The molecule has 1 unspecified atom stereocenters. The van der Waals surface area contributed by atoms with E-state index in [2.05, 4.69) is 20.4 Å². The second-order valence-electron chi connectivity index (χ2n) is 2.68. The predicted octanol–water partition coefficient (Wildman–Crippen LogP) is 1.94. The Morgan fingerprint density at radius 3 is 2.56 bits per heavy atom. The van der Waals surface area contributed by atoms with E-state index in [1.54, 1.807) is 0 Å². The van der Waals surface area contributed by atoms with Gasteiger partial charge in [-0.25, -0.2) is 0 Å². The Bertz CT molecular complexity index is 86.6. The Morgan fingerprint density at radius 1 is 1.67 bits per heavy atom. The standard InChI is InChI=1S/C8H17N/c1-7(2)8(3)5-4-6-9/h8H,1,4-6,9H2,2-3H3. The van der Waals surface area contributed by atoms with Crippen LogP contribution >= 0.6 is 0 Å². The average Bonchev–Trinajstić information content (AvgIpc) is 1.82. The minimum atomic E-state index is 0.647. The van der Waals surface area contributed by atoms with Crippen LogP contribution in [0.25, 0.3) is 0 Å². The minimum absolute atomic E-state index is 0.647. The summed E-state index contributed by atoms with van der Waals surface area (Å²) >= 11 is 0. The van der Waals surface area contributed by atoms with E-state index in [9.17, 15) is 0 Å². The van der Waals surface area contributed by atoms with Gasteiger partial charge in [-0.05, 0) is 32.2 Å². The molecule has 0 aliphatic rings. The van der Waals surface area contributed by atoms with Crippen LogP contribution in [0.15, 0.2) is 12.2 Å². The molecule has 54 valence electrons.